The maximum atomic E-state index is 12.0. The van der Waals surface area contributed by atoms with Crippen molar-refractivity contribution < 1.29 is 9.53 Å². The van der Waals surface area contributed by atoms with E-state index in [0.717, 1.165) is 38.4 Å². The molecule has 112 valence electrons. The zero-order chi connectivity index (χ0) is 14.4. The number of fused-ring (bicyclic) bond motifs is 1. The van der Waals surface area contributed by atoms with Crippen LogP contribution < -0.4 is 5.32 Å². The van der Waals surface area contributed by atoms with Gasteiger partial charge >= 0.3 is 5.97 Å². The molecule has 0 bridgehead atoms. The number of rotatable bonds is 7. The number of imidazole rings is 1. The van der Waals surface area contributed by atoms with Gasteiger partial charge in [-0.25, -0.2) is 4.98 Å². The SMILES string of the molecule is CCCNC(CN1CCn2ccnc2C1)C(=O)OCC. The number of carbonyl (C=O) groups is 1. The van der Waals surface area contributed by atoms with Gasteiger partial charge in [0.25, 0.3) is 0 Å². The van der Waals surface area contributed by atoms with Gasteiger partial charge in [0.05, 0.1) is 13.2 Å². The van der Waals surface area contributed by atoms with E-state index in [1.54, 1.807) is 0 Å². The van der Waals surface area contributed by atoms with Crippen LogP contribution in [0.15, 0.2) is 12.4 Å². The molecule has 0 saturated heterocycles. The molecular formula is C14H24N4O2. The highest BCUT2D eigenvalue weighted by Crippen LogP contribution is 2.10. The van der Waals surface area contributed by atoms with E-state index in [9.17, 15) is 4.79 Å². The molecule has 1 aliphatic heterocycles. The minimum absolute atomic E-state index is 0.158. The second-order valence-electron chi connectivity index (χ2n) is 5.03. The standard InChI is InChI=1S/C14H24N4O2/c1-3-5-15-12(14(19)20-4-2)10-17-8-9-18-7-6-16-13(18)11-17/h6-7,12,15H,3-5,8-11H2,1-2H3. The zero-order valence-corrected chi connectivity index (χ0v) is 12.3. The van der Waals surface area contributed by atoms with Crippen LogP contribution in [-0.2, 0) is 22.6 Å². The Morgan fingerprint density at radius 1 is 1.50 bits per heavy atom. The fourth-order valence-electron chi connectivity index (χ4n) is 2.42. The lowest BCUT2D eigenvalue weighted by molar-refractivity contribution is -0.146. The summed E-state index contributed by atoms with van der Waals surface area (Å²) >= 11 is 0. The number of ether oxygens (including phenoxy) is 1. The molecule has 0 radical (unpaired) electrons. The third-order valence-corrected chi connectivity index (χ3v) is 3.48. The molecule has 6 heteroatoms. The molecule has 2 heterocycles. The van der Waals surface area contributed by atoms with Gasteiger partial charge in [-0.05, 0) is 19.9 Å². The van der Waals surface area contributed by atoms with Crippen LogP contribution in [0.25, 0.3) is 0 Å². The molecule has 2 rings (SSSR count). The topological polar surface area (TPSA) is 59.4 Å². The van der Waals surface area contributed by atoms with Gasteiger partial charge in [0.1, 0.15) is 11.9 Å². The summed E-state index contributed by atoms with van der Waals surface area (Å²) in [6.07, 6.45) is 4.84. The summed E-state index contributed by atoms with van der Waals surface area (Å²) < 4.78 is 7.31. The molecule has 1 aromatic heterocycles. The quantitative estimate of drug-likeness (QED) is 0.742. The average molecular weight is 280 g/mol. The van der Waals surface area contributed by atoms with Crippen LogP contribution in [0.3, 0.4) is 0 Å². The third kappa shape index (κ3) is 3.80. The summed E-state index contributed by atoms with van der Waals surface area (Å²) in [6, 6.07) is -0.253. The van der Waals surface area contributed by atoms with Gasteiger partial charge in [0, 0.05) is 32.0 Å². The molecule has 0 amide bonds. The highest BCUT2D eigenvalue weighted by Gasteiger charge is 2.25. The Hall–Kier alpha value is -1.40. The molecule has 1 unspecified atom stereocenters. The van der Waals surface area contributed by atoms with E-state index in [2.05, 4.69) is 26.7 Å². The second kappa shape index (κ2) is 7.40. The molecule has 0 aliphatic carbocycles. The van der Waals surface area contributed by atoms with Gasteiger partial charge in [-0.15, -0.1) is 0 Å². The molecule has 20 heavy (non-hydrogen) atoms. The minimum Gasteiger partial charge on any atom is -0.465 e. The molecule has 0 saturated carbocycles. The van der Waals surface area contributed by atoms with E-state index >= 15 is 0 Å². The number of hydrogen-bond acceptors (Lipinski definition) is 5. The summed E-state index contributed by atoms with van der Waals surface area (Å²) in [5.74, 6) is 0.907. The van der Waals surface area contributed by atoms with Crippen molar-refractivity contribution in [1.29, 1.82) is 0 Å². The van der Waals surface area contributed by atoms with Gasteiger partial charge in [-0.2, -0.15) is 0 Å². The normalized spacial score (nSPS) is 16.7. The van der Waals surface area contributed by atoms with Crippen molar-refractivity contribution in [3.05, 3.63) is 18.2 Å². The van der Waals surface area contributed by atoms with E-state index in [-0.39, 0.29) is 12.0 Å². The first-order valence-electron chi connectivity index (χ1n) is 7.37. The van der Waals surface area contributed by atoms with Crippen LogP contribution in [-0.4, -0.2) is 52.7 Å². The third-order valence-electron chi connectivity index (χ3n) is 3.48. The van der Waals surface area contributed by atoms with E-state index in [0.29, 0.717) is 13.2 Å². The fourth-order valence-corrected chi connectivity index (χ4v) is 2.42. The van der Waals surface area contributed by atoms with Gasteiger partial charge in [-0.1, -0.05) is 6.92 Å². The molecule has 1 atom stereocenters. The van der Waals surface area contributed by atoms with Crippen LogP contribution >= 0.6 is 0 Å². The van der Waals surface area contributed by atoms with Crippen LogP contribution in [0.5, 0.6) is 0 Å². The van der Waals surface area contributed by atoms with Crippen molar-refractivity contribution >= 4 is 5.97 Å². The monoisotopic (exact) mass is 280 g/mol. The zero-order valence-electron chi connectivity index (χ0n) is 12.3. The lowest BCUT2D eigenvalue weighted by Crippen LogP contribution is -2.49. The van der Waals surface area contributed by atoms with Crippen LogP contribution in [0.2, 0.25) is 0 Å². The molecule has 1 aliphatic rings. The summed E-state index contributed by atoms with van der Waals surface area (Å²) in [5, 5.41) is 3.28. The average Bonchev–Trinajstić information content (AvgIpc) is 2.91. The van der Waals surface area contributed by atoms with E-state index in [1.807, 2.05) is 19.3 Å². The Balaban J connectivity index is 1.92. The van der Waals surface area contributed by atoms with Crippen molar-refractivity contribution in [2.45, 2.75) is 39.4 Å². The Kier molecular flexibility index (Phi) is 5.55. The molecular weight excluding hydrogens is 256 g/mol. The number of nitrogens with one attached hydrogen (secondary N) is 1. The second-order valence-corrected chi connectivity index (χ2v) is 5.03. The Labute approximate surface area is 120 Å². The minimum atomic E-state index is -0.253. The Morgan fingerprint density at radius 2 is 2.35 bits per heavy atom. The number of carbonyl (C=O) groups excluding carboxylic acids is 1. The predicted molar refractivity (Wildman–Crippen MR) is 76.2 cm³/mol. The number of aromatic nitrogens is 2. The van der Waals surface area contributed by atoms with Crippen LogP contribution in [0, 0.1) is 0 Å². The number of nitrogens with zero attached hydrogens (tertiary/aromatic N) is 3. The summed E-state index contributed by atoms with van der Waals surface area (Å²) in [4.78, 5) is 18.6. The van der Waals surface area contributed by atoms with Gasteiger partial charge < -0.3 is 14.6 Å². The molecule has 1 aromatic rings. The smallest absolute Gasteiger partial charge is 0.324 e. The van der Waals surface area contributed by atoms with E-state index < -0.39 is 0 Å². The highest BCUT2D eigenvalue weighted by molar-refractivity contribution is 5.76. The van der Waals surface area contributed by atoms with Crippen LogP contribution in [0.1, 0.15) is 26.1 Å². The summed E-state index contributed by atoms with van der Waals surface area (Å²) in [7, 11) is 0. The Morgan fingerprint density at radius 3 is 3.10 bits per heavy atom. The summed E-state index contributed by atoms with van der Waals surface area (Å²) in [6.45, 7) is 8.51. The number of hydrogen-bond donors (Lipinski definition) is 1. The first kappa shape index (κ1) is 15.0. The molecule has 6 nitrogen and oxygen atoms in total. The largest absolute Gasteiger partial charge is 0.465 e. The maximum Gasteiger partial charge on any atom is 0.324 e. The first-order chi connectivity index (χ1) is 9.74. The van der Waals surface area contributed by atoms with Crippen molar-refractivity contribution in [3.8, 4) is 0 Å². The van der Waals surface area contributed by atoms with Crippen molar-refractivity contribution in [2.75, 3.05) is 26.2 Å². The predicted octanol–water partition coefficient (Wildman–Crippen LogP) is 0.630. The van der Waals surface area contributed by atoms with Crippen molar-refractivity contribution in [1.82, 2.24) is 19.8 Å². The highest BCUT2D eigenvalue weighted by atomic mass is 16.5. The van der Waals surface area contributed by atoms with E-state index in [1.165, 1.54) is 0 Å². The summed E-state index contributed by atoms with van der Waals surface area (Å²) in [5.41, 5.74) is 0. The fraction of sp³-hybridized carbons (Fsp3) is 0.714. The lowest BCUT2D eigenvalue weighted by Gasteiger charge is -2.30. The van der Waals surface area contributed by atoms with Crippen molar-refractivity contribution in [2.24, 2.45) is 0 Å². The van der Waals surface area contributed by atoms with Crippen LogP contribution in [0.4, 0.5) is 0 Å². The number of esters is 1. The lowest BCUT2D eigenvalue weighted by atomic mass is 10.2. The molecule has 0 fully saturated rings. The van der Waals surface area contributed by atoms with E-state index in [4.69, 9.17) is 4.74 Å². The van der Waals surface area contributed by atoms with Crippen molar-refractivity contribution in [3.63, 3.8) is 0 Å². The molecule has 0 spiro atoms. The first-order valence-corrected chi connectivity index (χ1v) is 7.37. The molecule has 0 aromatic carbocycles. The Bertz CT molecular complexity index is 433. The van der Waals surface area contributed by atoms with Gasteiger partial charge in [0.15, 0.2) is 0 Å². The maximum absolute atomic E-state index is 12.0. The molecule has 1 N–H and O–H groups in total. The van der Waals surface area contributed by atoms with Gasteiger partial charge in [-0.3, -0.25) is 9.69 Å². The van der Waals surface area contributed by atoms with Gasteiger partial charge in [0.2, 0.25) is 0 Å².